The van der Waals surface area contributed by atoms with Crippen LogP contribution in [0, 0.1) is 0 Å². The van der Waals surface area contributed by atoms with Gasteiger partial charge in [-0.3, -0.25) is 16.0 Å². The normalized spacial score (nSPS) is 21.0. The number of hydrogen-bond acceptors (Lipinski definition) is 4. The lowest BCUT2D eigenvalue weighted by Crippen LogP contribution is -2.60. The van der Waals surface area contributed by atoms with E-state index < -0.39 is 0 Å². The van der Waals surface area contributed by atoms with Crippen LogP contribution in [0.25, 0.3) is 49.7 Å². The van der Waals surface area contributed by atoms with Gasteiger partial charge in [0.1, 0.15) is 0 Å². The van der Waals surface area contributed by atoms with Crippen molar-refractivity contribution in [3.63, 3.8) is 0 Å². The summed E-state index contributed by atoms with van der Waals surface area (Å²) in [5.41, 5.74) is 9.37. The molecule has 0 amide bonds. The summed E-state index contributed by atoms with van der Waals surface area (Å²) in [6.45, 7) is 0. The Balaban J connectivity index is 1.11. The summed E-state index contributed by atoms with van der Waals surface area (Å²) < 4.78 is 2.91. The lowest BCUT2D eigenvalue weighted by atomic mass is 9.93. The first-order valence-corrected chi connectivity index (χ1v) is 17.0. The number of fused-ring (bicyclic) bond motifs is 6. The number of aryl methyl sites for hydroxylation is 1. The van der Waals surface area contributed by atoms with E-state index >= 15 is 0 Å². The third kappa shape index (κ3) is 4.86. The molecule has 0 spiro atoms. The minimum atomic E-state index is -0.00300. The molecule has 1 aromatic heterocycles. The van der Waals surface area contributed by atoms with Crippen LogP contribution in [0.3, 0.4) is 0 Å². The van der Waals surface area contributed by atoms with Crippen LogP contribution in [0.1, 0.15) is 53.8 Å². The molecule has 4 heteroatoms. The minimum Gasteiger partial charge on any atom is -0.279 e. The van der Waals surface area contributed by atoms with E-state index in [4.69, 9.17) is 0 Å². The number of hydrogen-bond donors (Lipinski definition) is 3. The third-order valence-corrected chi connectivity index (χ3v) is 11.0. The highest BCUT2D eigenvalue weighted by atomic mass is 32.1. The van der Waals surface area contributed by atoms with Crippen LogP contribution in [0.2, 0.25) is 0 Å². The van der Waals surface area contributed by atoms with Gasteiger partial charge in [0, 0.05) is 19.8 Å². The van der Waals surface area contributed by atoms with Gasteiger partial charge in [0.15, 0.2) is 0 Å². The van der Waals surface area contributed by atoms with Gasteiger partial charge < -0.3 is 0 Å². The number of allylic oxidation sites excluding steroid dienone is 1. The van der Waals surface area contributed by atoms with Gasteiger partial charge in [-0.25, -0.2) is 0 Å². The van der Waals surface area contributed by atoms with Crippen molar-refractivity contribution >= 4 is 49.9 Å². The quantitative estimate of drug-likeness (QED) is 0.192. The average Bonchev–Trinajstić information content (AvgIpc) is 3.51. The lowest BCUT2D eigenvalue weighted by Gasteiger charge is -2.40. The molecule has 2 heterocycles. The lowest BCUT2D eigenvalue weighted by molar-refractivity contribution is 0.231. The predicted molar refractivity (Wildman–Crippen MR) is 190 cm³/mol. The minimum absolute atomic E-state index is 0.00300. The van der Waals surface area contributed by atoms with Crippen molar-refractivity contribution in [2.45, 2.75) is 44.2 Å². The molecule has 45 heavy (non-hydrogen) atoms. The van der Waals surface area contributed by atoms with E-state index in [-0.39, 0.29) is 18.5 Å². The molecule has 6 aromatic rings. The predicted octanol–water partition coefficient (Wildman–Crippen LogP) is 7.91. The Morgan fingerprint density at radius 3 is 2.18 bits per heavy atom. The largest absolute Gasteiger partial charge is 0.279 e. The number of thiophene rings is 1. The molecular weight excluding hydrogens is 567 g/mol. The molecule has 9 rings (SSSR count). The van der Waals surface area contributed by atoms with Crippen molar-refractivity contribution < 1.29 is 0 Å². The van der Waals surface area contributed by atoms with Gasteiger partial charge in [-0.1, -0.05) is 121 Å². The van der Waals surface area contributed by atoms with Gasteiger partial charge in [0.2, 0.25) is 0 Å². The second-order valence-electron chi connectivity index (χ2n) is 12.5. The van der Waals surface area contributed by atoms with Gasteiger partial charge in [0.05, 0.1) is 18.5 Å². The molecule has 2 aliphatic carbocycles. The number of nitrogens with one attached hydrogen (secondary N) is 3. The molecule has 1 fully saturated rings. The second kappa shape index (κ2) is 11.2. The molecule has 3 aliphatic rings. The van der Waals surface area contributed by atoms with E-state index in [0.29, 0.717) is 0 Å². The molecule has 0 bridgehead atoms. The first kappa shape index (κ1) is 27.0. The maximum Gasteiger partial charge on any atom is 0.0864 e. The van der Waals surface area contributed by atoms with E-state index in [1.807, 2.05) is 11.3 Å². The number of rotatable bonds is 4. The van der Waals surface area contributed by atoms with Crippen molar-refractivity contribution in [2.75, 3.05) is 0 Å². The summed E-state index contributed by atoms with van der Waals surface area (Å²) in [5.74, 6) is 0. The first-order valence-electron chi connectivity index (χ1n) is 16.1. The van der Waals surface area contributed by atoms with E-state index in [1.54, 1.807) is 0 Å². The Bertz CT molecular complexity index is 2210. The maximum absolute atomic E-state index is 4.00. The Morgan fingerprint density at radius 1 is 0.600 bits per heavy atom. The Kier molecular flexibility index (Phi) is 6.75. The molecule has 1 aliphatic heterocycles. The van der Waals surface area contributed by atoms with Crippen LogP contribution in [-0.2, 0) is 6.42 Å². The molecule has 5 aromatic carbocycles. The van der Waals surface area contributed by atoms with Crippen LogP contribution < -0.4 is 25.7 Å². The van der Waals surface area contributed by atoms with E-state index in [9.17, 15) is 0 Å². The molecular formula is C41H35N3S. The van der Waals surface area contributed by atoms with Crippen LogP contribution in [0.5, 0.6) is 0 Å². The van der Waals surface area contributed by atoms with E-state index in [2.05, 4.69) is 143 Å². The average molecular weight is 602 g/mol. The van der Waals surface area contributed by atoms with Gasteiger partial charge in [-0.05, 0) is 81.5 Å². The Labute approximate surface area is 267 Å². The molecule has 3 N–H and O–H groups in total. The topological polar surface area (TPSA) is 36.1 Å². The van der Waals surface area contributed by atoms with Gasteiger partial charge in [-0.2, -0.15) is 0 Å². The van der Waals surface area contributed by atoms with Crippen molar-refractivity contribution in [3.05, 3.63) is 147 Å². The summed E-state index contributed by atoms with van der Waals surface area (Å²) in [4.78, 5) is 0. The molecule has 3 nitrogen and oxygen atoms in total. The van der Waals surface area contributed by atoms with Gasteiger partial charge in [-0.15, -0.1) is 11.3 Å². The molecule has 0 radical (unpaired) electrons. The van der Waals surface area contributed by atoms with Crippen LogP contribution >= 0.6 is 11.3 Å². The van der Waals surface area contributed by atoms with Crippen molar-refractivity contribution in [2.24, 2.45) is 0 Å². The molecule has 3 atom stereocenters. The monoisotopic (exact) mass is 601 g/mol. The molecule has 1 saturated heterocycles. The highest BCUT2D eigenvalue weighted by molar-refractivity contribution is 7.17. The summed E-state index contributed by atoms with van der Waals surface area (Å²) in [5, 5.41) is 17.3. The zero-order chi connectivity index (χ0) is 29.7. The SMILES string of the molecule is C1=Cc2ccc3c4c(sc3c2CC1)=CCCC=4C1NC(c2ccccc2)NC(c2ccc(-c3ccc4ccccc4c3)cc2)N1. The van der Waals surface area contributed by atoms with Gasteiger partial charge in [0.25, 0.3) is 0 Å². The van der Waals surface area contributed by atoms with Crippen molar-refractivity contribution in [1.82, 2.24) is 16.0 Å². The highest BCUT2D eigenvalue weighted by Crippen LogP contribution is 2.32. The summed E-state index contributed by atoms with van der Waals surface area (Å²) in [6.07, 6.45) is 11.5. The smallest absolute Gasteiger partial charge is 0.0864 e. The molecule has 3 unspecified atom stereocenters. The summed E-state index contributed by atoms with van der Waals surface area (Å²) in [7, 11) is 0. The fraction of sp³-hybridized carbons (Fsp3) is 0.171. The second-order valence-corrected chi connectivity index (χ2v) is 13.5. The fourth-order valence-corrected chi connectivity index (χ4v) is 8.85. The third-order valence-electron chi connectivity index (χ3n) is 9.76. The zero-order valence-corrected chi connectivity index (χ0v) is 25.9. The van der Waals surface area contributed by atoms with E-state index in [0.717, 1.165) is 25.7 Å². The standard InChI is InChI=1S/C41H35N3S/c1-2-11-29(12-3-1)39-42-40(30-20-17-27(18-21-30)32-22-19-26-9-4-5-13-31(26)25-32)44-41(43-39)35-15-8-16-36-37(35)34-24-23-28-10-6-7-14-33(28)38(34)45-36/h1-6,9-13,16-25,39-44H,7-8,14-15H2. The Hall–Kier alpha value is -4.32. The zero-order valence-electron chi connectivity index (χ0n) is 25.1. The first-order chi connectivity index (χ1) is 22.3. The van der Waals surface area contributed by atoms with Crippen molar-refractivity contribution in [3.8, 4) is 11.1 Å². The maximum atomic E-state index is 4.00. The summed E-state index contributed by atoms with van der Waals surface area (Å²) >= 11 is 2.00. The molecule has 220 valence electrons. The van der Waals surface area contributed by atoms with Crippen LogP contribution in [0.15, 0.2) is 115 Å². The molecule has 0 saturated carbocycles. The Morgan fingerprint density at radius 2 is 1.33 bits per heavy atom. The van der Waals surface area contributed by atoms with Crippen molar-refractivity contribution in [1.29, 1.82) is 0 Å². The van der Waals surface area contributed by atoms with E-state index in [1.165, 1.54) is 69.6 Å². The van der Waals surface area contributed by atoms with Gasteiger partial charge >= 0.3 is 0 Å². The van der Waals surface area contributed by atoms with Crippen LogP contribution in [0.4, 0.5) is 0 Å². The van der Waals surface area contributed by atoms with Crippen LogP contribution in [-0.4, -0.2) is 6.17 Å². The highest BCUT2D eigenvalue weighted by Gasteiger charge is 2.32. The number of benzene rings is 5. The fourth-order valence-electron chi connectivity index (χ4n) is 7.46. The summed E-state index contributed by atoms with van der Waals surface area (Å²) in [6, 6.07) is 39.9.